The summed E-state index contributed by atoms with van der Waals surface area (Å²) in [5.74, 6) is 0.0112. The van der Waals surface area contributed by atoms with E-state index < -0.39 is 5.97 Å². The number of anilines is 1. The van der Waals surface area contributed by atoms with Gasteiger partial charge in [0.15, 0.2) is 0 Å². The zero-order valence-electron chi connectivity index (χ0n) is 12.7. The summed E-state index contributed by atoms with van der Waals surface area (Å²) in [5.41, 5.74) is 2.44. The van der Waals surface area contributed by atoms with Gasteiger partial charge in [-0.25, -0.2) is 4.79 Å². The van der Waals surface area contributed by atoms with Crippen LogP contribution in [-0.2, 0) is 0 Å². The van der Waals surface area contributed by atoms with E-state index in [0.717, 1.165) is 30.8 Å². The lowest BCUT2D eigenvalue weighted by molar-refractivity contribution is 0.0697. The molecule has 0 atom stereocenters. The van der Waals surface area contributed by atoms with Crippen LogP contribution < -0.4 is 10.1 Å². The molecule has 0 unspecified atom stereocenters. The molecule has 0 bridgehead atoms. The molecular formula is C18H21NO3. The zero-order valence-corrected chi connectivity index (χ0v) is 12.7. The number of carboxylic acids is 1. The van der Waals surface area contributed by atoms with E-state index >= 15 is 0 Å². The molecule has 4 nitrogen and oxygen atoms in total. The van der Waals surface area contributed by atoms with Gasteiger partial charge in [0.25, 0.3) is 0 Å². The highest BCUT2D eigenvalue weighted by atomic mass is 16.5. The van der Waals surface area contributed by atoms with Gasteiger partial charge >= 0.3 is 5.97 Å². The van der Waals surface area contributed by atoms with Crippen LogP contribution in [0, 0.1) is 6.92 Å². The summed E-state index contributed by atoms with van der Waals surface area (Å²) < 4.78 is 5.69. The van der Waals surface area contributed by atoms with Crippen LogP contribution in [0.25, 0.3) is 0 Å². The van der Waals surface area contributed by atoms with Gasteiger partial charge in [0.2, 0.25) is 0 Å². The molecule has 0 aromatic heterocycles. The molecule has 0 spiro atoms. The number of ether oxygens (including phenoxy) is 1. The third-order valence-corrected chi connectivity index (χ3v) is 3.29. The number of hydrogen-bond donors (Lipinski definition) is 2. The Bertz CT molecular complexity index is 608. The third kappa shape index (κ3) is 5.13. The second-order valence-electron chi connectivity index (χ2n) is 5.18. The summed E-state index contributed by atoms with van der Waals surface area (Å²) in [6.07, 6.45) is 1.96. The van der Waals surface area contributed by atoms with Crippen LogP contribution in [0.3, 0.4) is 0 Å². The minimum Gasteiger partial charge on any atom is -0.494 e. The molecule has 0 saturated carbocycles. The van der Waals surface area contributed by atoms with Crippen LogP contribution >= 0.6 is 0 Å². The molecule has 4 heteroatoms. The standard InChI is InChI=1S/C18H21NO3/c1-14-5-4-6-17(13-14)22-12-3-2-11-19-16-9-7-15(8-10-16)18(20)21/h4-10,13,19H,2-3,11-12H2,1H3,(H,20,21). The second-order valence-corrected chi connectivity index (χ2v) is 5.18. The number of unbranched alkanes of at least 4 members (excludes halogenated alkanes) is 1. The molecule has 0 aliphatic rings. The summed E-state index contributed by atoms with van der Waals surface area (Å²) in [6, 6.07) is 14.8. The number of aromatic carboxylic acids is 1. The predicted molar refractivity (Wildman–Crippen MR) is 87.8 cm³/mol. The van der Waals surface area contributed by atoms with Gasteiger partial charge < -0.3 is 15.2 Å². The molecule has 0 fully saturated rings. The Labute approximate surface area is 130 Å². The van der Waals surface area contributed by atoms with E-state index in [1.54, 1.807) is 24.3 Å². The molecule has 0 aliphatic heterocycles. The van der Waals surface area contributed by atoms with Gasteiger partial charge in [-0.1, -0.05) is 12.1 Å². The van der Waals surface area contributed by atoms with Gasteiger partial charge in [-0.2, -0.15) is 0 Å². The number of hydrogen-bond acceptors (Lipinski definition) is 3. The first-order valence-corrected chi connectivity index (χ1v) is 7.42. The zero-order chi connectivity index (χ0) is 15.8. The van der Waals surface area contributed by atoms with Crippen molar-refractivity contribution < 1.29 is 14.6 Å². The highest BCUT2D eigenvalue weighted by Crippen LogP contribution is 2.13. The number of benzene rings is 2. The first-order valence-electron chi connectivity index (χ1n) is 7.42. The molecule has 0 heterocycles. The molecule has 2 aromatic rings. The van der Waals surface area contributed by atoms with E-state index in [0.29, 0.717) is 12.2 Å². The Hall–Kier alpha value is -2.49. The molecule has 2 N–H and O–H groups in total. The van der Waals surface area contributed by atoms with Crippen LogP contribution in [0.2, 0.25) is 0 Å². The van der Waals surface area contributed by atoms with Gasteiger partial charge in [-0.3, -0.25) is 0 Å². The lowest BCUT2D eigenvalue weighted by Crippen LogP contribution is -2.05. The highest BCUT2D eigenvalue weighted by molar-refractivity contribution is 5.87. The third-order valence-electron chi connectivity index (χ3n) is 3.29. The highest BCUT2D eigenvalue weighted by Gasteiger charge is 2.01. The van der Waals surface area contributed by atoms with Gasteiger partial charge in [0.1, 0.15) is 5.75 Å². The molecule has 22 heavy (non-hydrogen) atoms. The molecule has 2 rings (SSSR count). The van der Waals surface area contributed by atoms with Gasteiger partial charge in [-0.05, 0) is 61.7 Å². The Morgan fingerprint density at radius 3 is 2.59 bits per heavy atom. The Morgan fingerprint density at radius 2 is 1.91 bits per heavy atom. The average molecular weight is 299 g/mol. The lowest BCUT2D eigenvalue weighted by atomic mass is 10.2. The fraction of sp³-hybridized carbons (Fsp3) is 0.278. The molecule has 0 saturated heterocycles. The largest absolute Gasteiger partial charge is 0.494 e. The normalized spacial score (nSPS) is 10.2. The van der Waals surface area contributed by atoms with Crippen LogP contribution in [0.5, 0.6) is 5.75 Å². The van der Waals surface area contributed by atoms with Gasteiger partial charge in [0.05, 0.1) is 12.2 Å². The predicted octanol–water partition coefficient (Wildman–Crippen LogP) is 3.96. The van der Waals surface area contributed by atoms with Crippen molar-refractivity contribution in [2.24, 2.45) is 0 Å². The van der Waals surface area contributed by atoms with E-state index in [2.05, 4.69) is 5.32 Å². The second kappa shape index (κ2) is 8.08. The Balaban J connectivity index is 1.62. The van der Waals surface area contributed by atoms with E-state index in [1.165, 1.54) is 5.56 Å². The van der Waals surface area contributed by atoms with Gasteiger partial charge in [0, 0.05) is 12.2 Å². The summed E-state index contributed by atoms with van der Waals surface area (Å²) in [7, 11) is 0. The number of carbonyl (C=O) groups is 1. The van der Waals surface area contributed by atoms with Crippen molar-refractivity contribution >= 4 is 11.7 Å². The summed E-state index contributed by atoms with van der Waals surface area (Å²) in [5, 5.41) is 12.1. The number of rotatable bonds is 8. The van der Waals surface area contributed by atoms with Crippen molar-refractivity contribution in [3.05, 3.63) is 59.7 Å². The van der Waals surface area contributed by atoms with Crippen LogP contribution in [0.4, 0.5) is 5.69 Å². The molecular weight excluding hydrogens is 278 g/mol. The summed E-state index contributed by atoms with van der Waals surface area (Å²) in [4.78, 5) is 10.7. The number of carboxylic acid groups (broad SMARTS) is 1. The Morgan fingerprint density at radius 1 is 1.14 bits per heavy atom. The first kappa shape index (κ1) is 15.9. The molecule has 0 radical (unpaired) electrons. The van der Waals surface area contributed by atoms with Crippen molar-refractivity contribution in [3.8, 4) is 5.75 Å². The molecule has 116 valence electrons. The maximum atomic E-state index is 10.7. The van der Waals surface area contributed by atoms with Crippen molar-refractivity contribution in [1.29, 1.82) is 0 Å². The van der Waals surface area contributed by atoms with E-state index in [1.807, 2.05) is 31.2 Å². The van der Waals surface area contributed by atoms with Crippen molar-refractivity contribution in [2.75, 3.05) is 18.5 Å². The fourth-order valence-electron chi connectivity index (χ4n) is 2.09. The maximum Gasteiger partial charge on any atom is 0.335 e. The topological polar surface area (TPSA) is 58.6 Å². The van der Waals surface area contributed by atoms with Crippen molar-refractivity contribution in [3.63, 3.8) is 0 Å². The van der Waals surface area contributed by atoms with Crippen LogP contribution in [0.1, 0.15) is 28.8 Å². The first-order chi connectivity index (χ1) is 10.6. The SMILES string of the molecule is Cc1cccc(OCCCCNc2ccc(C(=O)O)cc2)c1. The molecule has 0 amide bonds. The Kier molecular flexibility index (Phi) is 5.83. The monoisotopic (exact) mass is 299 g/mol. The van der Waals surface area contributed by atoms with E-state index in [-0.39, 0.29) is 0 Å². The van der Waals surface area contributed by atoms with Gasteiger partial charge in [-0.15, -0.1) is 0 Å². The number of nitrogens with one attached hydrogen (secondary N) is 1. The van der Waals surface area contributed by atoms with E-state index in [4.69, 9.17) is 9.84 Å². The molecule has 2 aromatic carbocycles. The minimum absolute atomic E-state index is 0.303. The van der Waals surface area contributed by atoms with E-state index in [9.17, 15) is 4.79 Å². The van der Waals surface area contributed by atoms with Crippen molar-refractivity contribution in [1.82, 2.24) is 0 Å². The quantitative estimate of drug-likeness (QED) is 0.724. The van der Waals surface area contributed by atoms with Crippen molar-refractivity contribution in [2.45, 2.75) is 19.8 Å². The lowest BCUT2D eigenvalue weighted by Gasteiger charge is -2.08. The number of aryl methyl sites for hydroxylation is 1. The van der Waals surface area contributed by atoms with Crippen LogP contribution in [0.15, 0.2) is 48.5 Å². The summed E-state index contributed by atoms with van der Waals surface area (Å²) in [6.45, 7) is 3.58. The van der Waals surface area contributed by atoms with Crippen LogP contribution in [-0.4, -0.2) is 24.2 Å². The average Bonchev–Trinajstić information content (AvgIpc) is 2.51. The molecule has 0 aliphatic carbocycles. The summed E-state index contributed by atoms with van der Waals surface area (Å²) >= 11 is 0. The minimum atomic E-state index is -0.903. The maximum absolute atomic E-state index is 10.7. The smallest absolute Gasteiger partial charge is 0.335 e. The fourth-order valence-corrected chi connectivity index (χ4v) is 2.09.